The van der Waals surface area contributed by atoms with Crippen molar-refractivity contribution >= 4 is 33.9 Å². The average Bonchev–Trinajstić information content (AvgIpc) is 2.77. The number of benzene rings is 1. The molecule has 0 amide bonds. The second kappa shape index (κ2) is 5.94. The Hall–Kier alpha value is -0.390. The van der Waals surface area contributed by atoms with Gasteiger partial charge in [0.25, 0.3) is 0 Å². The van der Waals surface area contributed by atoms with E-state index in [0.717, 1.165) is 6.54 Å². The van der Waals surface area contributed by atoms with Gasteiger partial charge in [-0.2, -0.15) is 0 Å². The summed E-state index contributed by atoms with van der Waals surface area (Å²) in [6.45, 7) is 3.13. The molecule has 3 rings (SSSR count). The fourth-order valence-electron chi connectivity index (χ4n) is 2.80. The van der Waals surface area contributed by atoms with Crippen molar-refractivity contribution in [1.29, 1.82) is 0 Å². The molecule has 3 heteroatoms. The van der Waals surface area contributed by atoms with E-state index in [2.05, 4.69) is 65.2 Å². The second-order valence-electron chi connectivity index (χ2n) is 5.24. The van der Waals surface area contributed by atoms with E-state index in [9.17, 15) is 0 Å². The van der Waals surface area contributed by atoms with Gasteiger partial charge in [0.05, 0.1) is 2.88 Å². The first-order valence-electron chi connectivity index (χ1n) is 6.79. The van der Waals surface area contributed by atoms with Gasteiger partial charge in [0.15, 0.2) is 0 Å². The number of thiophene rings is 1. The monoisotopic (exact) mass is 383 g/mol. The van der Waals surface area contributed by atoms with Crippen molar-refractivity contribution in [2.24, 2.45) is 0 Å². The first kappa shape index (κ1) is 13.6. The highest BCUT2D eigenvalue weighted by Gasteiger charge is 2.21. The van der Waals surface area contributed by atoms with Crippen LogP contribution >= 0.6 is 33.9 Å². The summed E-state index contributed by atoms with van der Waals surface area (Å²) in [5.41, 5.74) is 4.28. The smallest absolute Gasteiger partial charge is 0.0659 e. The van der Waals surface area contributed by atoms with Crippen molar-refractivity contribution in [3.63, 3.8) is 0 Å². The van der Waals surface area contributed by atoms with Gasteiger partial charge in [0.2, 0.25) is 0 Å². The molecule has 1 N–H and O–H groups in total. The Morgan fingerprint density at radius 1 is 1.37 bits per heavy atom. The Morgan fingerprint density at radius 3 is 3.11 bits per heavy atom. The molecule has 1 nitrogen and oxygen atoms in total. The number of halogens is 1. The van der Waals surface area contributed by atoms with Crippen LogP contribution in [-0.4, -0.2) is 0 Å². The van der Waals surface area contributed by atoms with Gasteiger partial charge in [-0.3, -0.25) is 0 Å². The molecule has 100 valence electrons. The van der Waals surface area contributed by atoms with Crippen LogP contribution < -0.4 is 5.32 Å². The van der Waals surface area contributed by atoms with Gasteiger partial charge in [-0.1, -0.05) is 29.8 Å². The van der Waals surface area contributed by atoms with Crippen LogP contribution in [0, 0.1) is 9.81 Å². The van der Waals surface area contributed by atoms with Crippen LogP contribution in [0.25, 0.3) is 0 Å². The van der Waals surface area contributed by atoms with E-state index in [4.69, 9.17) is 0 Å². The standard InChI is InChI=1S/C16H18INS/c1-11-4-2-5-12(8-11)10-18-14-6-3-7-15-13(14)9-16(17)19-15/h2,4-5,8-9,14,18H,3,6-7,10H2,1H3. The zero-order valence-corrected chi connectivity index (χ0v) is 14.1. The molecule has 0 aliphatic heterocycles. The summed E-state index contributed by atoms with van der Waals surface area (Å²) in [6.07, 6.45) is 3.85. The molecule has 0 saturated carbocycles. The highest BCUT2D eigenvalue weighted by molar-refractivity contribution is 14.1. The Morgan fingerprint density at radius 2 is 2.26 bits per heavy atom. The van der Waals surface area contributed by atoms with E-state index in [1.165, 1.54) is 33.3 Å². The molecule has 1 aromatic carbocycles. The normalized spacial score (nSPS) is 18.3. The highest BCUT2D eigenvalue weighted by atomic mass is 127. The van der Waals surface area contributed by atoms with E-state index >= 15 is 0 Å². The first-order valence-corrected chi connectivity index (χ1v) is 8.69. The minimum atomic E-state index is 0.545. The number of rotatable bonds is 3. The van der Waals surface area contributed by atoms with Crippen molar-refractivity contribution in [1.82, 2.24) is 5.32 Å². The lowest BCUT2D eigenvalue weighted by atomic mass is 9.94. The Kier molecular flexibility index (Phi) is 4.24. The molecule has 0 fully saturated rings. The zero-order chi connectivity index (χ0) is 13.2. The molecule has 19 heavy (non-hydrogen) atoms. The van der Waals surface area contributed by atoms with Crippen LogP contribution in [0.1, 0.15) is 40.5 Å². The van der Waals surface area contributed by atoms with Gasteiger partial charge in [0, 0.05) is 17.5 Å². The molecule has 0 saturated heterocycles. The molecular weight excluding hydrogens is 365 g/mol. The summed E-state index contributed by atoms with van der Waals surface area (Å²) in [6, 6.07) is 11.7. The van der Waals surface area contributed by atoms with E-state index in [1.807, 2.05) is 11.3 Å². The lowest BCUT2D eigenvalue weighted by molar-refractivity contribution is 0.463. The van der Waals surface area contributed by atoms with Crippen LogP contribution in [0.5, 0.6) is 0 Å². The Balaban J connectivity index is 1.71. The first-order chi connectivity index (χ1) is 9.22. The Bertz CT molecular complexity index is 576. The summed E-state index contributed by atoms with van der Waals surface area (Å²) in [5.74, 6) is 0. The van der Waals surface area contributed by atoms with Crippen LogP contribution in [-0.2, 0) is 13.0 Å². The molecule has 0 spiro atoms. The average molecular weight is 383 g/mol. The van der Waals surface area contributed by atoms with Gasteiger partial charge >= 0.3 is 0 Å². The van der Waals surface area contributed by atoms with Crippen LogP contribution in [0.15, 0.2) is 30.3 Å². The van der Waals surface area contributed by atoms with Gasteiger partial charge < -0.3 is 5.32 Å². The van der Waals surface area contributed by atoms with Crippen molar-refractivity contribution in [3.8, 4) is 0 Å². The lowest BCUT2D eigenvalue weighted by Crippen LogP contribution is -2.23. The number of aryl methyl sites for hydroxylation is 2. The molecule has 1 aliphatic carbocycles. The fraction of sp³-hybridized carbons (Fsp3) is 0.375. The van der Waals surface area contributed by atoms with E-state index in [0.29, 0.717) is 6.04 Å². The summed E-state index contributed by atoms with van der Waals surface area (Å²) >= 11 is 4.41. The SMILES string of the molecule is Cc1cccc(CNC2CCCc3sc(I)cc32)c1. The van der Waals surface area contributed by atoms with Crippen LogP contribution in [0.2, 0.25) is 0 Å². The molecule has 2 aromatic rings. The summed E-state index contributed by atoms with van der Waals surface area (Å²) < 4.78 is 1.42. The number of nitrogens with one attached hydrogen (secondary N) is 1. The number of hydrogen-bond acceptors (Lipinski definition) is 2. The molecule has 1 aliphatic rings. The van der Waals surface area contributed by atoms with Crippen molar-refractivity contribution in [2.75, 3.05) is 0 Å². The number of fused-ring (bicyclic) bond motifs is 1. The quantitative estimate of drug-likeness (QED) is 0.749. The zero-order valence-electron chi connectivity index (χ0n) is 11.1. The summed E-state index contributed by atoms with van der Waals surface area (Å²) in [4.78, 5) is 1.59. The number of hydrogen-bond donors (Lipinski definition) is 1. The molecule has 0 bridgehead atoms. The molecule has 1 aromatic heterocycles. The topological polar surface area (TPSA) is 12.0 Å². The maximum atomic E-state index is 3.74. The molecule has 1 unspecified atom stereocenters. The van der Waals surface area contributed by atoms with Gasteiger partial charge in [-0.15, -0.1) is 11.3 Å². The third-order valence-electron chi connectivity index (χ3n) is 3.72. The predicted molar refractivity (Wildman–Crippen MR) is 90.7 cm³/mol. The summed E-state index contributed by atoms with van der Waals surface area (Å²) in [7, 11) is 0. The van der Waals surface area contributed by atoms with E-state index in [-0.39, 0.29) is 0 Å². The van der Waals surface area contributed by atoms with Crippen molar-refractivity contribution < 1.29 is 0 Å². The predicted octanol–water partition coefficient (Wildman–Crippen LogP) is 4.83. The molecule has 1 heterocycles. The van der Waals surface area contributed by atoms with Gasteiger partial charge in [-0.05, 0) is 66.0 Å². The lowest BCUT2D eigenvalue weighted by Gasteiger charge is -2.23. The summed E-state index contributed by atoms with van der Waals surface area (Å²) in [5, 5.41) is 3.74. The van der Waals surface area contributed by atoms with Gasteiger partial charge in [0.1, 0.15) is 0 Å². The molecule has 0 radical (unpaired) electrons. The minimum absolute atomic E-state index is 0.545. The highest BCUT2D eigenvalue weighted by Crippen LogP contribution is 2.36. The van der Waals surface area contributed by atoms with Crippen LogP contribution in [0.3, 0.4) is 0 Å². The van der Waals surface area contributed by atoms with Crippen LogP contribution in [0.4, 0.5) is 0 Å². The largest absolute Gasteiger partial charge is 0.306 e. The molecule has 1 atom stereocenters. The van der Waals surface area contributed by atoms with Crippen molar-refractivity contribution in [2.45, 2.75) is 38.8 Å². The van der Waals surface area contributed by atoms with Gasteiger partial charge in [-0.25, -0.2) is 0 Å². The van der Waals surface area contributed by atoms with Crippen molar-refractivity contribution in [3.05, 3.63) is 54.8 Å². The maximum absolute atomic E-state index is 3.74. The minimum Gasteiger partial charge on any atom is -0.306 e. The molecular formula is C16H18INS. The van der Waals surface area contributed by atoms with E-state index < -0.39 is 0 Å². The third kappa shape index (κ3) is 3.20. The Labute approximate surface area is 132 Å². The van der Waals surface area contributed by atoms with E-state index in [1.54, 1.807) is 10.4 Å². The third-order valence-corrected chi connectivity index (χ3v) is 5.69. The fourth-order valence-corrected chi connectivity index (χ4v) is 4.92. The maximum Gasteiger partial charge on any atom is 0.0659 e. The second-order valence-corrected chi connectivity index (χ2v) is 8.27.